The largest absolute Gasteiger partial charge is 0.451 e. The first-order valence-corrected chi connectivity index (χ1v) is 8.64. The molecule has 2 saturated heterocycles. The molecule has 4 nitrogen and oxygen atoms in total. The molecule has 1 spiro atoms. The molecule has 0 aliphatic carbocycles. The Kier molecular flexibility index (Phi) is 3.50. The highest BCUT2D eigenvalue weighted by molar-refractivity contribution is 9.10. The first-order chi connectivity index (χ1) is 10.7. The van der Waals surface area contributed by atoms with Crippen molar-refractivity contribution in [3.63, 3.8) is 0 Å². The van der Waals surface area contributed by atoms with Crippen molar-refractivity contribution in [3.05, 3.63) is 34.5 Å². The van der Waals surface area contributed by atoms with Gasteiger partial charge in [0.25, 0.3) is 5.91 Å². The molecule has 2 aliphatic heterocycles. The topological polar surface area (TPSA) is 45.5 Å². The van der Waals surface area contributed by atoms with Crippen LogP contribution in [0.2, 0.25) is 0 Å². The van der Waals surface area contributed by atoms with E-state index < -0.39 is 0 Å². The zero-order valence-corrected chi connectivity index (χ0v) is 14.0. The van der Waals surface area contributed by atoms with Crippen molar-refractivity contribution >= 4 is 32.8 Å². The molecular weight excluding hydrogens is 344 g/mol. The van der Waals surface area contributed by atoms with Crippen LogP contribution in [0.5, 0.6) is 0 Å². The minimum atomic E-state index is 0.0214. The summed E-state index contributed by atoms with van der Waals surface area (Å²) in [5.74, 6) is 0.474. The first-order valence-electron chi connectivity index (χ1n) is 7.84. The lowest BCUT2D eigenvalue weighted by Gasteiger charge is -2.38. The Bertz CT molecular complexity index is 709. The number of halogens is 1. The van der Waals surface area contributed by atoms with Crippen LogP contribution in [0.25, 0.3) is 11.0 Å². The van der Waals surface area contributed by atoms with Gasteiger partial charge in [-0.05, 0) is 55.5 Å². The van der Waals surface area contributed by atoms with Crippen LogP contribution in [-0.4, -0.2) is 37.0 Å². The van der Waals surface area contributed by atoms with E-state index in [9.17, 15) is 4.79 Å². The van der Waals surface area contributed by atoms with Gasteiger partial charge in [0.2, 0.25) is 0 Å². The molecule has 0 unspecified atom stereocenters. The van der Waals surface area contributed by atoms with E-state index >= 15 is 0 Å². The summed E-state index contributed by atoms with van der Waals surface area (Å²) in [6.07, 6.45) is 3.43. The predicted molar refractivity (Wildman–Crippen MR) is 89.0 cm³/mol. The lowest BCUT2D eigenvalue weighted by atomic mass is 9.78. The summed E-state index contributed by atoms with van der Waals surface area (Å²) in [6.45, 7) is 3.89. The third-order valence-electron chi connectivity index (χ3n) is 5.13. The van der Waals surface area contributed by atoms with Gasteiger partial charge < -0.3 is 14.6 Å². The second-order valence-electron chi connectivity index (χ2n) is 6.51. The maximum Gasteiger partial charge on any atom is 0.289 e. The molecule has 1 aromatic heterocycles. The molecule has 1 N–H and O–H groups in total. The summed E-state index contributed by atoms with van der Waals surface area (Å²) in [5, 5.41) is 4.42. The van der Waals surface area contributed by atoms with Gasteiger partial charge in [0, 0.05) is 29.5 Å². The van der Waals surface area contributed by atoms with E-state index in [0.717, 1.165) is 54.5 Å². The van der Waals surface area contributed by atoms with Crippen LogP contribution in [0.4, 0.5) is 0 Å². The molecule has 3 heterocycles. The standard InChI is InChI=1S/C17H19BrN2O2/c18-13-1-2-14-12(9-13)10-15(22-14)16(21)20-7-4-17(5-8-20)3-6-19-11-17/h1-2,9-10,19H,3-8,11H2. The van der Waals surface area contributed by atoms with Crippen molar-refractivity contribution in [2.45, 2.75) is 19.3 Å². The highest BCUT2D eigenvalue weighted by atomic mass is 79.9. The monoisotopic (exact) mass is 362 g/mol. The maximum atomic E-state index is 12.7. The maximum absolute atomic E-state index is 12.7. The Hall–Kier alpha value is -1.33. The average Bonchev–Trinajstić information content (AvgIpc) is 3.14. The van der Waals surface area contributed by atoms with Gasteiger partial charge in [0.05, 0.1) is 0 Å². The number of likely N-dealkylation sites (tertiary alicyclic amines) is 1. The van der Waals surface area contributed by atoms with E-state index in [1.54, 1.807) is 0 Å². The molecule has 22 heavy (non-hydrogen) atoms. The lowest BCUT2D eigenvalue weighted by Crippen LogP contribution is -2.43. The van der Waals surface area contributed by atoms with Gasteiger partial charge in [0.1, 0.15) is 5.58 Å². The summed E-state index contributed by atoms with van der Waals surface area (Å²) in [5.41, 5.74) is 1.19. The minimum Gasteiger partial charge on any atom is -0.451 e. The molecular formula is C17H19BrN2O2. The number of rotatable bonds is 1. The molecule has 2 aliphatic rings. The van der Waals surface area contributed by atoms with Crippen LogP contribution >= 0.6 is 15.9 Å². The first kappa shape index (κ1) is 14.3. The molecule has 0 atom stereocenters. The van der Waals surface area contributed by atoms with Crippen LogP contribution < -0.4 is 5.32 Å². The molecule has 0 saturated carbocycles. The number of carbonyl (C=O) groups is 1. The van der Waals surface area contributed by atoms with Gasteiger partial charge in [-0.2, -0.15) is 0 Å². The van der Waals surface area contributed by atoms with Crippen LogP contribution in [0.15, 0.2) is 33.2 Å². The molecule has 1 amide bonds. The zero-order valence-electron chi connectivity index (χ0n) is 12.4. The van der Waals surface area contributed by atoms with E-state index in [0.29, 0.717) is 11.2 Å². The third kappa shape index (κ3) is 2.46. The number of piperidine rings is 1. The van der Waals surface area contributed by atoms with E-state index in [-0.39, 0.29) is 5.91 Å². The zero-order chi connectivity index (χ0) is 15.2. The minimum absolute atomic E-state index is 0.0214. The molecule has 4 rings (SSSR count). The highest BCUT2D eigenvalue weighted by Gasteiger charge is 2.38. The van der Waals surface area contributed by atoms with Crippen LogP contribution in [0.3, 0.4) is 0 Å². The average molecular weight is 363 g/mol. The van der Waals surface area contributed by atoms with Gasteiger partial charge in [0.15, 0.2) is 5.76 Å². The van der Waals surface area contributed by atoms with Gasteiger partial charge in [-0.25, -0.2) is 0 Å². The van der Waals surface area contributed by atoms with E-state index in [2.05, 4.69) is 21.2 Å². The summed E-state index contributed by atoms with van der Waals surface area (Å²) in [4.78, 5) is 14.6. The number of fused-ring (bicyclic) bond motifs is 1. The fraction of sp³-hybridized carbons (Fsp3) is 0.471. The van der Waals surface area contributed by atoms with Gasteiger partial charge in [-0.1, -0.05) is 15.9 Å². The Labute approximate surface area is 138 Å². The van der Waals surface area contributed by atoms with Crippen LogP contribution in [-0.2, 0) is 0 Å². The van der Waals surface area contributed by atoms with E-state index in [1.165, 1.54) is 6.42 Å². The Morgan fingerprint density at radius 3 is 2.77 bits per heavy atom. The van der Waals surface area contributed by atoms with Crippen molar-refractivity contribution in [1.29, 1.82) is 0 Å². The van der Waals surface area contributed by atoms with Crippen molar-refractivity contribution in [2.75, 3.05) is 26.2 Å². The predicted octanol–water partition coefficient (Wildman–Crippen LogP) is 3.41. The number of carbonyl (C=O) groups excluding carboxylic acids is 1. The van der Waals surface area contributed by atoms with Crippen molar-refractivity contribution in [3.8, 4) is 0 Å². The number of nitrogens with zero attached hydrogens (tertiary/aromatic N) is 1. The number of nitrogens with one attached hydrogen (secondary N) is 1. The summed E-state index contributed by atoms with van der Waals surface area (Å²) in [7, 11) is 0. The van der Waals surface area contributed by atoms with Gasteiger partial charge >= 0.3 is 0 Å². The Morgan fingerprint density at radius 1 is 1.23 bits per heavy atom. The fourth-order valence-corrected chi connectivity index (χ4v) is 4.06. The SMILES string of the molecule is O=C(c1cc2cc(Br)ccc2o1)N1CCC2(CCNC2)CC1. The number of amides is 1. The number of hydrogen-bond donors (Lipinski definition) is 1. The molecule has 2 aromatic rings. The summed E-state index contributed by atoms with van der Waals surface area (Å²) >= 11 is 3.45. The van der Waals surface area contributed by atoms with E-state index in [1.807, 2.05) is 29.2 Å². The molecule has 0 radical (unpaired) electrons. The molecule has 2 fully saturated rings. The normalized spacial score (nSPS) is 20.9. The number of benzene rings is 1. The smallest absolute Gasteiger partial charge is 0.289 e. The molecule has 1 aromatic carbocycles. The quantitative estimate of drug-likeness (QED) is 0.845. The number of hydrogen-bond acceptors (Lipinski definition) is 3. The van der Waals surface area contributed by atoms with Gasteiger partial charge in [-0.3, -0.25) is 4.79 Å². The summed E-state index contributed by atoms with van der Waals surface area (Å²) < 4.78 is 6.72. The van der Waals surface area contributed by atoms with Crippen molar-refractivity contribution in [2.24, 2.45) is 5.41 Å². The second-order valence-corrected chi connectivity index (χ2v) is 7.43. The third-order valence-corrected chi connectivity index (χ3v) is 5.63. The summed E-state index contributed by atoms with van der Waals surface area (Å²) in [6, 6.07) is 7.65. The second kappa shape index (κ2) is 5.39. The molecule has 116 valence electrons. The van der Waals surface area contributed by atoms with Crippen LogP contribution in [0, 0.1) is 5.41 Å². The Morgan fingerprint density at radius 2 is 2.05 bits per heavy atom. The highest BCUT2D eigenvalue weighted by Crippen LogP contribution is 2.37. The van der Waals surface area contributed by atoms with Crippen LogP contribution in [0.1, 0.15) is 29.8 Å². The van der Waals surface area contributed by atoms with Crippen molar-refractivity contribution < 1.29 is 9.21 Å². The molecule has 0 bridgehead atoms. The fourth-order valence-electron chi connectivity index (χ4n) is 3.68. The Balaban J connectivity index is 1.51. The van der Waals surface area contributed by atoms with Crippen molar-refractivity contribution in [1.82, 2.24) is 10.2 Å². The van der Waals surface area contributed by atoms with E-state index in [4.69, 9.17) is 4.42 Å². The van der Waals surface area contributed by atoms with Gasteiger partial charge in [-0.15, -0.1) is 0 Å². The molecule has 5 heteroatoms. The number of furan rings is 1. The lowest BCUT2D eigenvalue weighted by molar-refractivity contribution is 0.0579.